The molecule has 1 aliphatic rings. The number of rotatable bonds is 4. The highest BCUT2D eigenvalue weighted by atomic mass is 16.5. The van der Waals surface area contributed by atoms with Crippen molar-refractivity contribution in [1.29, 1.82) is 0 Å². The lowest BCUT2D eigenvalue weighted by Crippen LogP contribution is -2.44. The van der Waals surface area contributed by atoms with Crippen molar-refractivity contribution in [3.63, 3.8) is 0 Å². The average molecular weight is 396 g/mol. The second kappa shape index (κ2) is 8.25. The first-order valence-electron chi connectivity index (χ1n) is 9.80. The minimum atomic E-state index is -0.352. The highest BCUT2D eigenvalue weighted by molar-refractivity contribution is 5.96. The van der Waals surface area contributed by atoms with E-state index in [0.717, 1.165) is 28.1 Å². The SMILES string of the molecule is CC(=O)Oc1c(C)cc(NC(=O)[C@@H]2Cc3ccc(N(C)C)cc3CN2)c(C)c1C. The number of esters is 1. The van der Waals surface area contributed by atoms with Crippen LogP contribution in [0.3, 0.4) is 0 Å². The van der Waals surface area contributed by atoms with Crippen LogP contribution in [0.25, 0.3) is 0 Å². The smallest absolute Gasteiger partial charge is 0.308 e. The van der Waals surface area contributed by atoms with E-state index in [2.05, 4.69) is 33.7 Å². The Morgan fingerprint density at radius 3 is 2.48 bits per heavy atom. The zero-order valence-electron chi connectivity index (χ0n) is 18.0. The molecule has 0 saturated heterocycles. The standard InChI is InChI=1S/C23H29N3O3/c1-13-9-20(14(2)15(3)22(13)29-16(4)27)25-23(28)21-11-17-7-8-19(26(5)6)10-18(17)12-24-21/h7-10,21,24H,11-12H2,1-6H3,(H,25,28)/t21-/m0/s1. The summed E-state index contributed by atoms with van der Waals surface area (Å²) in [5.74, 6) is 0.152. The molecule has 2 aromatic rings. The van der Waals surface area contributed by atoms with Crippen molar-refractivity contribution < 1.29 is 14.3 Å². The Labute approximate surface area is 172 Å². The molecule has 0 aromatic heterocycles. The molecule has 154 valence electrons. The fourth-order valence-corrected chi connectivity index (χ4v) is 3.67. The average Bonchev–Trinajstić information content (AvgIpc) is 2.68. The maximum absolute atomic E-state index is 12.9. The summed E-state index contributed by atoms with van der Waals surface area (Å²) in [7, 11) is 4.04. The van der Waals surface area contributed by atoms with Crippen LogP contribution in [0.4, 0.5) is 11.4 Å². The lowest BCUT2D eigenvalue weighted by Gasteiger charge is -2.27. The van der Waals surface area contributed by atoms with E-state index in [9.17, 15) is 9.59 Å². The van der Waals surface area contributed by atoms with E-state index in [1.54, 1.807) is 0 Å². The molecule has 0 fully saturated rings. The van der Waals surface area contributed by atoms with Gasteiger partial charge in [0, 0.05) is 38.9 Å². The summed E-state index contributed by atoms with van der Waals surface area (Å²) in [4.78, 5) is 26.4. The molecule has 1 heterocycles. The van der Waals surface area contributed by atoms with Crippen LogP contribution < -0.4 is 20.3 Å². The molecule has 3 rings (SSSR count). The molecule has 2 aromatic carbocycles. The summed E-state index contributed by atoms with van der Waals surface area (Å²) in [6.45, 7) is 7.74. The minimum Gasteiger partial charge on any atom is -0.426 e. The van der Waals surface area contributed by atoms with Crippen molar-refractivity contribution in [2.24, 2.45) is 0 Å². The number of ether oxygens (including phenoxy) is 1. The second-order valence-corrected chi connectivity index (χ2v) is 7.89. The van der Waals surface area contributed by atoms with Crippen molar-refractivity contribution in [3.8, 4) is 5.75 Å². The number of anilines is 2. The van der Waals surface area contributed by atoms with Gasteiger partial charge in [-0.05, 0) is 73.2 Å². The molecular weight excluding hydrogens is 366 g/mol. The van der Waals surface area contributed by atoms with Crippen LogP contribution in [0.5, 0.6) is 5.75 Å². The van der Waals surface area contributed by atoms with E-state index < -0.39 is 0 Å². The normalized spacial score (nSPS) is 15.4. The van der Waals surface area contributed by atoms with Crippen LogP contribution in [0.15, 0.2) is 24.3 Å². The Hall–Kier alpha value is -2.86. The van der Waals surface area contributed by atoms with Crippen LogP contribution in [-0.4, -0.2) is 32.0 Å². The van der Waals surface area contributed by atoms with E-state index in [4.69, 9.17) is 4.74 Å². The predicted molar refractivity (Wildman–Crippen MR) is 116 cm³/mol. The third-order valence-corrected chi connectivity index (χ3v) is 5.52. The monoisotopic (exact) mass is 395 g/mol. The molecule has 0 radical (unpaired) electrons. The van der Waals surface area contributed by atoms with Gasteiger partial charge in [0.05, 0.1) is 6.04 Å². The molecule has 0 bridgehead atoms. The molecule has 6 nitrogen and oxygen atoms in total. The summed E-state index contributed by atoms with van der Waals surface area (Å²) in [5.41, 5.74) is 6.90. The van der Waals surface area contributed by atoms with E-state index in [1.165, 1.54) is 18.1 Å². The van der Waals surface area contributed by atoms with Gasteiger partial charge < -0.3 is 20.3 Å². The van der Waals surface area contributed by atoms with Crippen molar-refractivity contribution in [1.82, 2.24) is 5.32 Å². The van der Waals surface area contributed by atoms with E-state index in [-0.39, 0.29) is 17.9 Å². The van der Waals surface area contributed by atoms with Gasteiger partial charge in [0.1, 0.15) is 5.75 Å². The Morgan fingerprint density at radius 1 is 1.10 bits per heavy atom. The van der Waals surface area contributed by atoms with Gasteiger partial charge in [-0.2, -0.15) is 0 Å². The number of hydrogen-bond donors (Lipinski definition) is 2. The second-order valence-electron chi connectivity index (χ2n) is 7.89. The van der Waals surface area contributed by atoms with Gasteiger partial charge in [0.25, 0.3) is 0 Å². The first kappa shape index (κ1) is 20.9. The molecule has 29 heavy (non-hydrogen) atoms. The molecule has 1 amide bonds. The van der Waals surface area contributed by atoms with Gasteiger partial charge in [0.2, 0.25) is 5.91 Å². The Bertz CT molecular complexity index is 966. The molecule has 0 saturated carbocycles. The Balaban J connectivity index is 1.77. The zero-order chi connectivity index (χ0) is 21.3. The fourth-order valence-electron chi connectivity index (χ4n) is 3.67. The van der Waals surface area contributed by atoms with Crippen molar-refractivity contribution in [2.45, 2.75) is 46.7 Å². The van der Waals surface area contributed by atoms with Gasteiger partial charge in [0.15, 0.2) is 0 Å². The first-order chi connectivity index (χ1) is 13.7. The summed E-state index contributed by atoms with van der Waals surface area (Å²) < 4.78 is 5.33. The van der Waals surface area contributed by atoms with Crippen LogP contribution in [-0.2, 0) is 22.6 Å². The fraction of sp³-hybridized carbons (Fsp3) is 0.391. The number of carbonyl (C=O) groups is 2. The van der Waals surface area contributed by atoms with Gasteiger partial charge in [-0.15, -0.1) is 0 Å². The predicted octanol–water partition coefficient (Wildman–Crippen LogP) is 3.26. The largest absolute Gasteiger partial charge is 0.426 e. The van der Waals surface area contributed by atoms with Crippen molar-refractivity contribution in [2.75, 3.05) is 24.3 Å². The third-order valence-electron chi connectivity index (χ3n) is 5.52. The van der Waals surface area contributed by atoms with Gasteiger partial charge in [-0.3, -0.25) is 9.59 Å². The molecule has 0 spiro atoms. The van der Waals surface area contributed by atoms with E-state index >= 15 is 0 Å². The summed E-state index contributed by atoms with van der Waals surface area (Å²) in [5, 5.41) is 6.40. The van der Waals surface area contributed by atoms with Crippen LogP contribution >= 0.6 is 0 Å². The summed E-state index contributed by atoms with van der Waals surface area (Å²) in [6.07, 6.45) is 0.650. The van der Waals surface area contributed by atoms with E-state index in [0.29, 0.717) is 18.7 Å². The van der Waals surface area contributed by atoms with Crippen LogP contribution in [0, 0.1) is 20.8 Å². The quantitative estimate of drug-likeness (QED) is 0.614. The Kier molecular flexibility index (Phi) is 5.94. The van der Waals surface area contributed by atoms with Gasteiger partial charge >= 0.3 is 5.97 Å². The zero-order valence-corrected chi connectivity index (χ0v) is 18.0. The number of nitrogens with one attached hydrogen (secondary N) is 2. The number of aryl methyl sites for hydroxylation is 1. The lowest BCUT2D eigenvalue weighted by atomic mass is 9.94. The number of amides is 1. The van der Waals surface area contributed by atoms with E-state index in [1.807, 2.05) is 40.9 Å². The Morgan fingerprint density at radius 2 is 1.83 bits per heavy atom. The summed E-state index contributed by atoms with van der Waals surface area (Å²) >= 11 is 0. The van der Waals surface area contributed by atoms with Gasteiger partial charge in [-0.25, -0.2) is 0 Å². The molecule has 6 heteroatoms. The third kappa shape index (κ3) is 4.43. The lowest BCUT2D eigenvalue weighted by molar-refractivity contribution is -0.132. The molecule has 1 aliphatic heterocycles. The van der Waals surface area contributed by atoms with Gasteiger partial charge in [-0.1, -0.05) is 6.07 Å². The number of nitrogens with zero attached hydrogens (tertiary/aromatic N) is 1. The molecule has 2 N–H and O–H groups in total. The van der Waals surface area contributed by atoms with Crippen LogP contribution in [0.2, 0.25) is 0 Å². The number of benzene rings is 2. The molecule has 0 unspecified atom stereocenters. The van der Waals surface area contributed by atoms with Crippen molar-refractivity contribution in [3.05, 3.63) is 52.1 Å². The number of hydrogen-bond acceptors (Lipinski definition) is 5. The number of fused-ring (bicyclic) bond motifs is 1. The maximum Gasteiger partial charge on any atom is 0.308 e. The minimum absolute atomic E-state index is 0.0607. The molecule has 0 aliphatic carbocycles. The highest BCUT2D eigenvalue weighted by Gasteiger charge is 2.25. The highest BCUT2D eigenvalue weighted by Crippen LogP contribution is 2.32. The maximum atomic E-state index is 12.9. The molecular formula is C23H29N3O3. The number of carbonyl (C=O) groups excluding carboxylic acids is 2. The van der Waals surface area contributed by atoms with Crippen molar-refractivity contribution >= 4 is 23.3 Å². The topological polar surface area (TPSA) is 70.7 Å². The van der Waals surface area contributed by atoms with Crippen LogP contribution in [0.1, 0.15) is 34.7 Å². The summed E-state index contributed by atoms with van der Waals surface area (Å²) in [6, 6.07) is 7.93. The molecule has 1 atom stereocenters. The first-order valence-corrected chi connectivity index (χ1v) is 9.80.